The van der Waals surface area contributed by atoms with Crippen LogP contribution in [0.3, 0.4) is 0 Å². The van der Waals surface area contributed by atoms with Crippen LogP contribution in [0.2, 0.25) is 10.0 Å². The van der Waals surface area contributed by atoms with Crippen LogP contribution in [0.15, 0.2) is 28.7 Å². The van der Waals surface area contributed by atoms with Crippen LogP contribution in [0.5, 0.6) is 0 Å². The van der Waals surface area contributed by atoms with E-state index in [2.05, 4.69) is 58.6 Å². The van der Waals surface area contributed by atoms with Gasteiger partial charge in [-0.3, -0.25) is 3.97 Å². The Bertz CT molecular complexity index is 1070. The molecule has 0 spiro atoms. The van der Waals surface area contributed by atoms with Crippen LogP contribution in [0.1, 0.15) is 40.2 Å². The second-order valence-corrected chi connectivity index (χ2v) is 10.7. The van der Waals surface area contributed by atoms with Crippen LogP contribution in [0, 0.1) is 0 Å². The minimum Gasteiger partial charge on any atom is -0.444 e. The average Bonchev–Trinajstić information content (AvgIpc) is 2.95. The number of fused-ring (bicyclic) bond motifs is 3. The molecule has 0 fully saturated rings. The first-order valence-electron chi connectivity index (χ1n) is 9.48. The van der Waals surface area contributed by atoms with Crippen LogP contribution in [0.4, 0.5) is 4.79 Å². The van der Waals surface area contributed by atoms with Crippen molar-refractivity contribution in [3.8, 4) is 0 Å². The Balaban J connectivity index is 0.00000155. The lowest BCUT2D eigenvalue weighted by Gasteiger charge is -2.19. The van der Waals surface area contributed by atoms with Gasteiger partial charge in [0, 0.05) is 52.1 Å². The Morgan fingerprint density at radius 2 is 1.80 bits per heavy atom. The number of rotatable bonds is 4. The minimum absolute atomic E-state index is 0.416. The summed E-state index contributed by atoms with van der Waals surface area (Å²) in [6.07, 6.45) is 0.241. The van der Waals surface area contributed by atoms with Gasteiger partial charge in [0.1, 0.15) is 5.60 Å². The molecule has 4 nitrogen and oxygen atoms in total. The highest BCUT2D eigenvalue weighted by Gasteiger charge is 2.18. The topological polar surface area (TPSA) is 43.3 Å². The molecule has 0 unspecified atom stereocenters. The number of amides is 1. The lowest BCUT2D eigenvalue weighted by Crippen LogP contribution is -2.33. The van der Waals surface area contributed by atoms with E-state index >= 15 is 0 Å². The smallest absolute Gasteiger partial charge is 0.407 e. The summed E-state index contributed by atoms with van der Waals surface area (Å²) < 4.78 is 8.42. The highest BCUT2D eigenvalue weighted by atomic mass is 127. The number of alkyl carbamates (subject to hydrolysis) is 1. The molecule has 0 aliphatic carbocycles. The Hall–Kier alpha value is -0.350. The number of nitrogens with zero attached hydrogens (tertiary/aromatic N) is 1. The van der Waals surface area contributed by atoms with Crippen LogP contribution >= 0.6 is 69.5 Å². The molecule has 164 valence electrons. The Morgan fingerprint density at radius 3 is 2.40 bits per heavy atom. The van der Waals surface area contributed by atoms with E-state index in [1.54, 1.807) is 9.12 Å². The number of ether oxygens (including phenoxy) is 1. The maximum atomic E-state index is 11.9. The van der Waals surface area contributed by atoms with Crippen molar-refractivity contribution in [3.05, 3.63) is 44.3 Å². The van der Waals surface area contributed by atoms with E-state index < -0.39 is 11.7 Å². The molecule has 3 rings (SSSR count). The molecule has 0 bridgehead atoms. The Labute approximate surface area is 212 Å². The average molecular weight is 646 g/mol. The van der Waals surface area contributed by atoms with Crippen molar-refractivity contribution in [1.82, 2.24) is 9.29 Å². The molecule has 9 heteroatoms. The molecule has 2 aromatic carbocycles. The number of halogens is 4. The van der Waals surface area contributed by atoms with Crippen LogP contribution in [0.25, 0.3) is 21.8 Å². The van der Waals surface area contributed by atoms with Crippen LogP contribution in [-0.2, 0) is 11.2 Å². The van der Waals surface area contributed by atoms with Gasteiger partial charge < -0.3 is 10.1 Å². The van der Waals surface area contributed by atoms with Gasteiger partial charge in [-0.1, -0.05) is 53.0 Å². The molecule has 1 N–H and O–H groups in total. The molecule has 0 aliphatic rings. The second kappa shape index (κ2) is 11.0. The van der Waals surface area contributed by atoms with Gasteiger partial charge in [-0.2, -0.15) is 0 Å². The molecular formula is C21H24BrCl2IN2O2S. The SMILES string of the molecule is CC.CC(C)(C)OC(=O)NCCc1cc(Br)cc2c3cc(Cl)c(Cl)cc3n(SI)c12. The number of carbonyl (C=O) groups excluding carboxylic acids is 1. The van der Waals surface area contributed by atoms with Crippen LogP contribution < -0.4 is 5.32 Å². The molecule has 0 atom stereocenters. The predicted molar refractivity (Wildman–Crippen MR) is 143 cm³/mol. The zero-order chi connectivity index (χ0) is 22.6. The summed E-state index contributed by atoms with van der Waals surface area (Å²) in [6, 6.07) is 7.95. The third-order valence-corrected chi connectivity index (χ3v) is 6.91. The van der Waals surface area contributed by atoms with Gasteiger partial charge in [0.15, 0.2) is 0 Å². The summed E-state index contributed by atoms with van der Waals surface area (Å²) in [4.78, 5) is 11.9. The zero-order valence-electron chi connectivity index (χ0n) is 17.4. The van der Waals surface area contributed by atoms with Gasteiger partial charge in [-0.25, -0.2) is 4.79 Å². The maximum absolute atomic E-state index is 11.9. The summed E-state index contributed by atoms with van der Waals surface area (Å²) in [7, 11) is 1.57. The molecule has 0 radical (unpaired) electrons. The van der Waals surface area contributed by atoms with Gasteiger partial charge in [0.2, 0.25) is 0 Å². The van der Waals surface area contributed by atoms with E-state index in [0.717, 1.165) is 31.8 Å². The van der Waals surface area contributed by atoms with E-state index in [0.29, 0.717) is 23.0 Å². The highest BCUT2D eigenvalue weighted by molar-refractivity contribution is 14.2. The number of aromatic nitrogens is 1. The van der Waals surface area contributed by atoms with E-state index in [1.165, 1.54) is 0 Å². The number of carbonyl (C=O) groups is 1. The van der Waals surface area contributed by atoms with E-state index in [1.807, 2.05) is 46.8 Å². The maximum Gasteiger partial charge on any atom is 0.407 e. The Kier molecular flexibility index (Phi) is 9.49. The van der Waals surface area contributed by atoms with Crippen molar-refractivity contribution in [2.45, 2.75) is 46.6 Å². The third kappa shape index (κ3) is 6.12. The lowest BCUT2D eigenvalue weighted by atomic mass is 10.1. The fourth-order valence-corrected chi connectivity index (χ4v) is 5.58. The van der Waals surface area contributed by atoms with Crippen molar-refractivity contribution < 1.29 is 9.53 Å². The number of nitrogens with one attached hydrogen (secondary N) is 1. The molecule has 3 aromatic rings. The summed E-state index contributed by atoms with van der Waals surface area (Å²) in [5, 5.41) is 6.00. The molecule has 30 heavy (non-hydrogen) atoms. The lowest BCUT2D eigenvalue weighted by molar-refractivity contribution is 0.0528. The van der Waals surface area contributed by atoms with Crippen molar-refractivity contribution in [1.29, 1.82) is 0 Å². The first kappa shape index (κ1) is 25.9. The fraction of sp³-hybridized carbons (Fsp3) is 0.381. The quantitative estimate of drug-likeness (QED) is 0.289. The van der Waals surface area contributed by atoms with Crippen LogP contribution in [-0.4, -0.2) is 22.2 Å². The van der Waals surface area contributed by atoms with Gasteiger partial charge in [-0.15, -0.1) is 0 Å². The largest absolute Gasteiger partial charge is 0.444 e. The summed E-state index contributed by atoms with van der Waals surface area (Å²) in [5.74, 6) is 0. The first-order chi connectivity index (χ1) is 14.1. The number of hydrogen-bond acceptors (Lipinski definition) is 3. The van der Waals surface area contributed by atoms with Crippen molar-refractivity contribution in [2.24, 2.45) is 0 Å². The summed E-state index contributed by atoms with van der Waals surface area (Å²) >= 11 is 18.4. The molecule has 0 saturated carbocycles. The molecule has 0 saturated heterocycles. The normalized spacial score (nSPS) is 11.4. The monoisotopic (exact) mass is 644 g/mol. The molecule has 1 aromatic heterocycles. The molecule has 1 heterocycles. The second-order valence-electron chi connectivity index (χ2n) is 7.29. The Morgan fingerprint density at radius 1 is 1.17 bits per heavy atom. The fourth-order valence-electron chi connectivity index (χ4n) is 3.02. The highest BCUT2D eigenvalue weighted by Crippen LogP contribution is 2.41. The van der Waals surface area contributed by atoms with Crippen molar-refractivity contribution in [3.63, 3.8) is 0 Å². The van der Waals surface area contributed by atoms with Gasteiger partial charge in [0.25, 0.3) is 0 Å². The summed E-state index contributed by atoms with van der Waals surface area (Å²) in [5.41, 5.74) is 2.67. The molecular weight excluding hydrogens is 622 g/mol. The van der Waals surface area contributed by atoms with Gasteiger partial charge in [0.05, 0.1) is 21.1 Å². The molecule has 0 aliphatic heterocycles. The van der Waals surface area contributed by atoms with E-state index in [4.69, 9.17) is 27.9 Å². The van der Waals surface area contributed by atoms with Crippen molar-refractivity contribution >= 4 is 97.4 Å². The van der Waals surface area contributed by atoms with Gasteiger partial charge >= 0.3 is 6.09 Å². The summed E-state index contributed by atoms with van der Waals surface area (Å²) in [6.45, 7) is 10.00. The van der Waals surface area contributed by atoms with E-state index in [-0.39, 0.29) is 0 Å². The first-order valence-corrected chi connectivity index (χ1v) is 14.3. The molecule has 1 amide bonds. The standard InChI is InChI=1S/C19H18BrCl2IN2O2S.C2H6/c1-19(2,3)27-18(26)24-5-4-10-6-11(20)7-13-12-8-14(21)15(22)9-16(12)25(28-23)17(10)13;1-2/h6-9H,4-5H2,1-3H3,(H,24,26);1-2H3. The predicted octanol–water partition coefficient (Wildman–Crippen LogP) is 8.80. The van der Waals surface area contributed by atoms with Gasteiger partial charge in [-0.05, 0) is 57.0 Å². The third-order valence-electron chi connectivity index (χ3n) is 4.04. The van der Waals surface area contributed by atoms with Crippen molar-refractivity contribution in [2.75, 3.05) is 6.54 Å². The number of benzene rings is 2. The zero-order valence-corrected chi connectivity index (χ0v) is 23.5. The number of hydrogen-bond donors (Lipinski definition) is 1. The minimum atomic E-state index is -0.518. The van der Waals surface area contributed by atoms with E-state index in [9.17, 15) is 4.79 Å².